The quantitative estimate of drug-likeness (QED) is 0.785. The van der Waals surface area contributed by atoms with Crippen LogP contribution in [0.3, 0.4) is 0 Å². The first-order valence-corrected chi connectivity index (χ1v) is 7.88. The van der Waals surface area contributed by atoms with Gasteiger partial charge in [0.05, 0.1) is 19.3 Å². The average Bonchev–Trinajstić information content (AvgIpc) is 2.57. The lowest BCUT2D eigenvalue weighted by atomic mass is 10.0. The van der Waals surface area contributed by atoms with E-state index in [1.807, 2.05) is 44.2 Å². The zero-order valence-electron chi connectivity index (χ0n) is 13.3. The molecule has 0 aromatic heterocycles. The van der Waals surface area contributed by atoms with E-state index in [2.05, 4.69) is 0 Å². The molecule has 1 aliphatic rings. The molecule has 1 aliphatic heterocycles. The van der Waals surface area contributed by atoms with Crippen molar-refractivity contribution >= 4 is 11.8 Å². The average molecular weight is 304 g/mol. The van der Waals surface area contributed by atoms with Crippen LogP contribution in [-0.4, -0.2) is 60.5 Å². The van der Waals surface area contributed by atoms with E-state index >= 15 is 0 Å². The van der Waals surface area contributed by atoms with Crippen LogP contribution in [0.25, 0.3) is 0 Å². The van der Waals surface area contributed by atoms with Gasteiger partial charge in [-0.05, 0) is 13.8 Å². The summed E-state index contributed by atoms with van der Waals surface area (Å²) in [6.45, 7) is 6.77. The highest BCUT2D eigenvalue weighted by Crippen LogP contribution is 2.16. The third-order valence-electron chi connectivity index (χ3n) is 4.02. The Morgan fingerprint density at radius 1 is 1.23 bits per heavy atom. The number of Topliss-reactive ketones (excluding diaryl/α,β-unsaturated/α-hetero) is 1. The number of hydrogen-bond donors (Lipinski definition) is 0. The molecule has 1 atom stereocenters. The van der Waals surface area contributed by atoms with Crippen LogP contribution in [0, 0.1) is 0 Å². The van der Waals surface area contributed by atoms with Gasteiger partial charge < -0.3 is 14.5 Å². The summed E-state index contributed by atoms with van der Waals surface area (Å²) >= 11 is 0. The fourth-order valence-corrected chi connectivity index (χ4v) is 2.71. The molecule has 1 aromatic carbocycles. The molecule has 5 nitrogen and oxygen atoms in total. The van der Waals surface area contributed by atoms with Crippen molar-refractivity contribution in [2.45, 2.75) is 26.3 Å². The highest BCUT2D eigenvalue weighted by atomic mass is 16.5. The Labute approximate surface area is 131 Å². The minimum Gasteiger partial charge on any atom is -0.377 e. The van der Waals surface area contributed by atoms with Gasteiger partial charge in [0.15, 0.2) is 5.78 Å². The van der Waals surface area contributed by atoms with E-state index in [-0.39, 0.29) is 17.9 Å². The van der Waals surface area contributed by atoms with Crippen LogP contribution in [0.4, 0.5) is 4.79 Å². The van der Waals surface area contributed by atoms with Crippen LogP contribution in [0.15, 0.2) is 30.3 Å². The van der Waals surface area contributed by atoms with E-state index in [0.29, 0.717) is 44.8 Å². The smallest absolute Gasteiger partial charge is 0.320 e. The highest BCUT2D eigenvalue weighted by Gasteiger charge is 2.31. The molecule has 1 aromatic rings. The molecule has 0 bridgehead atoms. The third kappa shape index (κ3) is 3.85. The Morgan fingerprint density at radius 3 is 2.55 bits per heavy atom. The van der Waals surface area contributed by atoms with Crippen LogP contribution in [-0.2, 0) is 4.74 Å². The van der Waals surface area contributed by atoms with Gasteiger partial charge in [-0.2, -0.15) is 0 Å². The Hall–Kier alpha value is -1.88. The molecular weight excluding hydrogens is 280 g/mol. The predicted octanol–water partition coefficient (Wildman–Crippen LogP) is 2.42. The molecule has 1 saturated heterocycles. The van der Waals surface area contributed by atoms with Crippen molar-refractivity contribution in [2.75, 3.05) is 32.8 Å². The van der Waals surface area contributed by atoms with Crippen molar-refractivity contribution < 1.29 is 14.3 Å². The van der Waals surface area contributed by atoms with Gasteiger partial charge in [0, 0.05) is 31.6 Å². The lowest BCUT2D eigenvalue weighted by Crippen LogP contribution is -2.54. The van der Waals surface area contributed by atoms with Gasteiger partial charge in [-0.15, -0.1) is 0 Å². The number of benzene rings is 1. The Morgan fingerprint density at radius 2 is 1.91 bits per heavy atom. The maximum absolute atomic E-state index is 12.6. The molecule has 2 amide bonds. The lowest BCUT2D eigenvalue weighted by Gasteiger charge is -2.38. The van der Waals surface area contributed by atoms with Gasteiger partial charge in [0.1, 0.15) is 0 Å². The number of carbonyl (C=O) groups is 2. The molecule has 5 heteroatoms. The number of morpholine rings is 1. The highest BCUT2D eigenvalue weighted by molar-refractivity contribution is 5.96. The summed E-state index contributed by atoms with van der Waals surface area (Å²) in [7, 11) is 0. The number of urea groups is 1. The molecule has 0 aliphatic carbocycles. The summed E-state index contributed by atoms with van der Waals surface area (Å²) in [6, 6.07) is 9.02. The molecule has 1 heterocycles. The Kier molecular flexibility index (Phi) is 5.95. The second-order valence-corrected chi connectivity index (χ2v) is 5.37. The van der Waals surface area contributed by atoms with Crippen molar-refractivity contribution in [3.8, 4) is 0 Å². The van der Waals surface area contributed by atoms with E-state index < -0.39 is 0 Å². The fraction of sp³-hybridized carbons (Fsp3) is 0.529. The summed E-state index contributed by atoms with van der Waals surface area (Å²) < 4.78 is 5.48. The summed E-state index contributed by atoms with van der Waals surface area (Å²) in [4.78, 5) is 28.5. The second kappa shape index (κ2) is 7.94. The van der Waals surface area contributed by atoms with Gasteiger partial charge in [0.2, 0.25) is 0 Å². The first-order chi connectivity index (χ1) is 10.7. The maximum Gasteiger partial charge on any atom is 0.320 e. The normalized spacial score (nSPS) is 18.1. The standard InChI is InChI=1S/C17H24N2O3/c1-3-18(4-2)17(21)19-10-11-22-13-15(19)12-16(20)14-8-6-5-7-9-14/h5-9,15H,3-4,10-13H2,1-2H3. The van der Waals surface area contributed by atoms with E-state index in [1.165, 1.54) is 0 Å². The summed E-state index contributed by atoms with van der Waals surface area (Å²) in [5.74, 6) is 0.0495. The van der Waals surface area contributed by atoms with Crippen LogP contribution in [0.1, 0.15) is 30.6 Å². The Bertz CT molecular complexity index is 500. The van der Waals surface area contributed by atoms with Gasteiger partial charge >= 0.3 is 6.03 Å². The molecule has 1 fully saturated rings. The largest absolute Gasteiger partial charge is 0.377 e. The third-order valence-corrected chi connectivity index (χ3v) is 4.02. The molecule has 0 spiro atoms. The van der Waals surface area contributed by atoms with Crippen LogP contribution < -0.4 is 0 Å². The van der Waals surface area contributed by atoms with E-state index in [0.717, 1.165) is 0 Å². The van der Waals surface area contributed by atoms with Crippen molar-refractivity contribution in [1.82, 2.24) is 9.80 Å². The fourth-order valence-electron chi connectivity index (χ4n) is 2.71. The minimum atomic E-state index is -0.186. The monoisotopic (exact) mass is 304 g/mol. The van der Waals surface area contributed by atoms with Gasteiger partial charge in [0.25, 0.3) is 0 Å². The number of carbonyl (C=O) groups excluding carboxylic acids is 2. The summed E-state index contributed by atoms with van der Waals surface area (Å²) in [6.07, 6.45) is 0.303. The first-order valence-electron chi connectivity index (χ1n) is 7.88. The first kappa shape index (κ1) is 16.5. The number of amides is 2. The zero-order valence-corrected chi connectivity index (χ0v) is 13.3. The molecule has 0 saturated carbocycles. The van der Waals surface area contributed by atoms with Crippen LogP contribution in [0.5, 0.6) is 0 Å². The van der Waals surface area contributed by atoms with Crippen molar-refractivity contribution in [2.24, 2.45) is 0 Å². The van der Waals surface area contributed by atoms with E-state index in [9.17, 15) is 9.59 Å². The van der Waals surface area contributed by atoms with E-state index in [4.69, 9.17) is 4.74 Å². The number of nitrogens with zero attached hydrogens (tertiary/aromatic N) is 2. The summed E-state index contributed by atoms with van der Waals surface area (Å²) in [5, 5.41) is 0. The number of hydrogen-bond acceptors (Lipinski definition) is 3. The van der Waals surface area contributed by atoms with Crippen LogP contribution >= 0.6 is 0 Å². The topological polar surface area (TPSA) is 49.9 Å². The van der Waals surface area contributed by atoms with Crippen molar-refractivity contribution in [3.05, 3.63) is 35.9 Å². The Balaban J connectivity index is 2.06. The number of ether oxygens (including phenoxy) is 1. The lowest BCUT2D eigenvalue weighted by molar-refractivity contribution is 0.00317. The van der Waals surface area contributed by atoms with E-state index in [1.54, 1.807) is 9.80 Å². The molecule has 0 N–H and O–H groups in total. The SMILES string of the molecule is CCN(CC)C(=O)N1CCOCC1CC(=O)c1ccccc1. The molecule has 1 unspecified atom stereocenters. The predicted molar refractivity (Wildman–Crippen MR) is 85.0 cm³/mol. The van der Waals surface area contributed by atoms with Gasteiger partial charge in [-0.3, -0.25) is 4.79 Å². The van der Waals surface area contributed by atoms with Crippen molar-refractivity contribution in [3.63, 3.8) is 0 Å². The van der Waals surface area contributed by atoms with Gasteiger partial charge in [-0.25, -0.2) is 4.79 Å². The maximum atomic E-state index is 12.6. The number of rotatable bonds is 5. The number of ketones is 1. The zero-order chi connectivity index (χ0) is 15.9. The minimum absolute atomic E-state index is 0.000776. The van der Waals surface area contributed by atoms with Crippen LogP contribution in [0.2, 0.25) is 0 Å². The molecular formula is C17H24N2O3. The molecule has 22 heavy (non-hydrogen) atoms. The summed E-state index contributed by atoms with van der Waals surface area (Å²) in [5.41, 5.74) is 0.684. The van der Waals surface area contributed by atoms with Gasteiger partial charge in [-0.1, -0.05) is 30.3 Å². The van der Waals surface area contributed by atoms with Crippen molar-refractivity contribution in [1.29, 1.82) is 0 Å². The second-order valence-electron chi connectivity index (χ2n) is 5.37. The molecule has 120 valence electrons. The molecule has 0 radical (unpaired) electrons. The molecule has 2 rings (SSSR count).